The number of benzene rings is 3. The van der Waals surface area contributed by atoms with Gasteiger partial charge in [0.25, 0.3) is 5.91 Å². The largest absolute Gasteiger partial charge is 0.573 e. The first-order valence-electron chi connectivity index (χ1n) is 13.0. The number of carbonyl (C=O) groups excluding carboxylic acids is 1. The zero-order chi connectivity index (χ0) is 30.5. The quantitative estimate of drug-likeness (QED) is 0.207. The Kier molecular flexibility index (Phi) is 6.86. The summed E-state index contributed by atoms with van der Waals surface area (Å²) in [6.45, 7) is 0.191. The molecule has 6 nitrogen and oxygen atoms in total. The Morgan fingerprint density at radius 3 is 2.35 bits per heavy atom. The van der Waals surface area contributed by atoms with E-state index in [-0.39, 0.29) is 29.2 Å². The van der Waals surface area contributed by atoms with Crippen molar-refractivity contribution >= 4 is 16.8 Å². The first-order chi connectivity index (χ1) is 20.4. The second-order valence-electron chi connectivity index (χ2n) is 9.90. The maximum atomic E-state index is 13.8. The standard InChI is InChI=1S/C31H22F6N2O4/c1-41-19-10-11-24-22(16-19)20-14-15-39(29(40)17-6-8-18(9-7-17)43-31(35,36)37)28(27(20)38-24)26-13-12-25(42-26)21-4-2-3-5-23(21)30(32,33)34/h2-13,16,28,38H,14-15H2,1H3/t28-/m0/s1. The van der Waals surface area contributed by atoms with Crippen molar-refractivity contribution in [3.05, 3.63) is 107 Å². The van der Waals surface area contributed by atoms with Crippen LogP contribution in [0.2, 0.25) is 0 Å². The predicted molar refractivity (Wildman–Crippen MR) is 144 cm³/mol. The lowest BCUT2D eigenvalue weighted by Crippen LogP contribution is -2.40. The molecule has 1 amide bonds. The molecule has 43 heavy (non-hydrogen) atoms. The molecule has 12 heteroatoms. The van der Waals surface area contributed by atoms with Crippen LogP contribution in [0.4, 0.5) is 26.3 Å². The minimum Gasteiger partial charge on any atom is -0.497 e. The minimum atomic E-state index is -4.89. The number of hydrogen-bond acceptors (Lipinski definition) is 4. The molecule has 0 fully saturated rings. The van der Waals surface area contributed by atoms with Gasteiger partial charge in [-0.25, -0.2) is 0 Å². The lowest BCUT2D eigenvalue weighted by Gasteiger charge is -2.35. The molecule has 6 rings (SSSR count). The van der Waals surface area contributed by atoms with Crippen LogP contribution in [0.15, 0.2) is 83.3 Å². The van der Waals surface area contributed by atoms with Gasteiger partial charge in [-0.1, -0.05) is 18.2 Å². The van der Waals surface area contributed by atoms with Gasteiger partial charge in [0.2, 0.25) is 0 Å². The van der Waals surface area contributed by atoms with E-state index in [4.69, 9.17) is 9.15 Å². The molecule has 3 aromatic carbocycles. The summed E-state index contributed by atoms with van der Waals surface area (Å²) in [6.07, 6.45) is -9.09. The van der Waals surface area contributed by atoms with Gasteiger partial charge in [-0.2, -0.15) is 13.2 Å². The third-order valence-electron chi connectivity index (χ3n) is 7.32. The minimum absolute atomic E-state index is 0.0334. The maximum Gasteiger partial charge on any atom is 0.573 e. The molecule has 3 heterocycles. The van der Waals surface area contributed by atoms with Crippen molar-refractivity contribution in [3.8, 4) is 22.8 Å². The number of ether oxygens (including phenoxy) is 2. The van der Waals surface area contributed by atoms with Crippen molar-refractivity contribution in [2.75, 3.05) is 13.7 Å². The summed E-state index contributed by atoms with van der Waals surface area (Å²) in [5.74, 6) is -0.204. The Morgan fingerprint density at radius 2 is 1.65 bits per heavy atom. The van der Waals surface area contributed by atoms with Crippen molar-refractivity contribution in [2.24, 2.45) is 0 Å². The number of amides is 1. The molecule has 1 atom stereocenters. The van der Waals surface area contributed by atoms with Crippen molar-refractivity contribution in [3.63, 3.8) is 0 Å². The molecule has 1 aliphatic rings. The van der Waals surface area contributed by atoms with Crippen LogP contribution in [-0.2, 0) is 12.6 Å². The number of rotatable bonds is 5. The lowest BCUT2D eigenvalue weighted by atomic mass is 9.95. The van der Waals surface area contributed by atoms with Crippen molar-refractivity contribution in [1.82, 2.24) is 9.88 Å². The van der Waals surface area contributed by atoms with Gasteiger partial charge in [0, 0.05) is 28.6 Å². The number of methoxy groups -OCH3 is 1. The van der Waals surface area contributed by atoms with E-state index in [0.29, 0.717) is 17.9 Å². The third-order valence-corrected chi connectivity index (χ3v) is 7.32. The lowest BCUT2D eigenvalue weighted by molar-refractivity contribution is -0.274. The number of fused-ring (bicyclic) bond motifs is 3. The van der Waals surface area contributed by atoms with Gasteiger partial charge >= 0.3 is 12.5 Å². The number of furan rings is 1. The topological polar surface area (TPSA) is 67.7 Å². The number of carbonyl (C=O) groups is 1. The highest BCUT2D eigenvalue weighted by Crippen LogP contribution is 2.43. The number of hydrogen-bond donors (Lipinski definition) is 1. The highest BCUT2D eigenvalue weighted by atomic mass is 19.4. The fourth-order valence-electron chi connectivity index (χ4n) is 5.46. The van der Waals surface area contributed by atoms with Gasteiger partial charge in [-0.05, 0) is 72.6 Å². The zero-order valence-electron chi connectivity index (χ0n) is 22.3. The second kappa shape index (κ2) is 10.4. The summed E-state index contributed by atoms with van der Waals surface area (Å²) in [5.41, 5.74) is 1.31. The smallest absolute Gasteiger partial charge is 0.497 e. The number of alkyl halides is 6. The number of aromatic amines is 1. The number of nitrogens with one attached hydrogen (secondary N) is 1. The number of nitrogens with zero attached hydrogens (tertiary/aromatic N) is 1. The Bertz CT molecular complexity index is 1800. The van der Waals surface area contributed by atoms with Gasteiger partial charge in [0.1, 0.15) is 29.1 Å². The van der Waals surface area contributed by atoms with Crippen molar-refractivity contribution < 1.29 is 45.0 Å². The summed E-state index contributed by atoms with van der Waals surface area (Å²) < 4.78 is 94.6. The highest BCUT2D eigenvalue weighted by molar-refractivity contribution is 5.96. The second-order valence-corrected chi connectivity index (χ2v) is 9.90. The SMILES string of the molecule is COc1ccc2[nH]c3c(c2c1)CCN(C(=O)c1ccc(OC(F)(F)F)cc1)[C@H]3c1ccc(-c2ccccc2C(F)(F)F)o1. The summed E-state index contributed by atoms with van der Waals surface area (Å²) >= 11 is 0. The monoisotopic (exact) mass is 600 g/mol. The van der Waals surface area contributed by atoms with E-state index >= 15 is 0 Å². The van der Waals surface area contributed by atoms with Gasteiger partial charge in [-0.15, -0.1) is 13.2 Å². The third kappa shape index (κ3) is 5.40. The van der Waals surface area contributed by atoms with Crippen LogP contribution in [0.1, 0.15) is 39.0 Å². The van der Waals surface area contributed by atoms with Crippen LogP contribution in [0.5, 0.6) is 11.5 Å². The summed E-state index contributed by atoms with van der Waals surface area (Å²) in [5, 5.41) is 0.856. The van der Waals surface area contributed by atoms with Gasteiger partial charge in [0.05, 0.1) is 18.4 Å². The molecule has 2 aromatic heterocycles. The molecule has 0 spiro atoms. The van der Waals surface area contributed by atoms with Crippen molar-refractivity contribution in [1.29, 1.82) is 0 Å². The van der Waals surface area contributed by atoms with Crippen LogP contribution in [-0.4, -0.2) is 35.8 Å². The Morgan fingerprint density at radius 1 is 0.930 bits per heavy atom. The molecule has 222 valence electrons. The average Bonchev–Trinajstić information content (AvgIpc) is 3.60. The summed E-state index contributed by atoms with van der Waals surface area (Å²) in [7, 11) is 1.54. The molecule has 0 radical (unpaired) electrons. The molecule has 5 aromatic rings. The van der Waals surface area contributed by atoms with Crippen LogP contribution in [0.25, 0.3) is 22.2 Å². The van der Waals surface area contributed by atoms with E-state index in [1.807, 2.05) is 12.1 Å². The molecular formula is C31H22F6N2O4. The van der Waals surface area contributed by atoms with Gasteiger partial charge in [-0.3, -0.25) is 4.79 Å². The molecule has 0 saturated carbocycles. The zero-order valence-corrected chi connectivity index (χ0v) is 22.3. The van der Waals surface area contributed by atoms with E-state index in [9.17, 15) is 31.1 Å². The summed E-state index contributed by atoms with van der Waals surface area (Å²) in [4.78, 5) is 18.6. The molecule has 0 unspecified atom stereocenters. The fourth-order valence-corrected chi connectivity index (χ4v) is 5.46. The van der Waals surface area contributed by atoms with Gasteiger partial charge < -0.3 is 23.8 Å². The molecule has 0 saturated heterocycles. The molecule has 0 aliphatic carbocycles. The Labute approximate surface area is 240 Å². The van der Waals surface area contributed by atoms with E-state index in [2.05, 4.69) is 9.72 Å². The van der Waals surface area contributed by atoms with Crippen LogP contribution < -0.4 is 9.47 Å². The Balaban J connectivity index is 1.44. The normalized spacial score (nSPS) is 15.4. The predicted octanol–water partition coefficient (Wildman–Crippen LogP) is 8.14. The van der Waals surface area contributed by atoms with Crippen LogP contribution >= 0.6 is 0 Å². The van der Waals surface area contributed by atoms with E-state index in [0.717, 1.165) is 34.7 Å². The molecular weight excluding hydrogens is 578 g/mol. The van der Waals surface area contributed by atoms with E-state index < -0.39 is 35.8 Å². The fraction of sp³-hybridized carbons (Fsp3) is 0.194. The molecule has 1 N–H and O–H groups in total. The molecule has 1 aliphatic heterocycles. The van der Waals surface area contributed by atoms with Crippen LogP contribution in [0.3, 0.4) is 0 Å². The highest BCUT2D eigenvalue weighted by Gasteiger charge is 2.39. The maximum absolute atomic E-state index is 13.8. The van der Waals surface area contributed by atoms with Crippen molar-refractivity contribution in [2.45, 2.75) is 25.0 Å². The van der Waals surface area contributed by atoms with Crippen LogP contribution in [0, 0.1) is 0 Å². The average molecular weight is 601 g/mol. The van der Waals surface area contributed by atoms with Gasteiger partial charge in [0.15, 0.2) is 0 Å². The van der Waals surface area contributed by atoms with E-state index in [1.54, 1.807) is 6.07 Å². The first-order valence-corrected chi connectivity index (χ1v) is 13.0. The Hall–Kier alpha value is -4.87. The summed E-state index contributed by atoms with van der Waals surface area (Å²) in [6, 6.07) is 17.1. The van der Waals surface area contributed by atoms with E-state index in [1.165, 1.54) is 54.5 Å². The number of halogens is 6. The number of aromatic nitrogens is 1. The number of H-pyrrole nitrogens is 1. The first kappa shape index (κ1) is 28.3. The molecule has 0 bridgehead atoms.